The third-order valence-corrected chi connectivity index (χ3v) is 7.05. The molecular formula is C23H26N2O2S2. The van der Waals surface area contributed by atoms with Crippen molar-refractivity contribution < 1.29 is 9.53 Å². The van der Waals surface area contributed by atoms with E-state index >= 15 is 0 Å². The number of carbonyl (C=O) groups is 1. The van der Waals surface area contributed by atoms with E-state index in [1.165, 1.54) is 20.9 Å². The second-order valence-corrected chi connectivity index (χ2v) is 9.16. The van der Waals surface area contributed by atoms with E-state index in [1.54, 1.807) is 11.3 Å². The van der Waals surface area contributed by atoms with Gasteiger partial charge in [-0.05, 0) is 46.9 Å². The molecule has 0 bridgehead atoms. The van der Waals surface area contributed by atoms with Crippen molar-refractivity contribution in [2.24, 2.45) is 0 Å². The van der Waals surface area contributed by atoms with Gasteiger partial charge in [0.05, 0.1) is 19.2 Å². The molecule has 1 N–H and O–H groups in total. The van der Waals surface area contributed by atoms with E-state index in [2.05, 4.69) is 51.3 Å². The number of nitrogens with zero attached hydrogens (tertiary/aromatic N) is 1. The van der Waals surface area contributed by atoms with Crippen molar-refractivity contribution in [3.63, 3.8) is 0 Å². The van der Waals surface area contributed by atoms with E-state index in [0.717, 1.165) is 19.4 Å². The highest BCUT2D eigenvalue weighted by atomic mass is 32.1. The summed E-state index contributed by atoms with van der Waals surface area (Å²) in [5, 5.41) is 7.34. The molecule has 1 aromatic carbocycles. The van der Waals surface area contributed by atoms with Gasteiger partial charge in [-0.3, -0.25) is 9.69 Å². The van der Waals surface area contributed by atoms with Gasteiger partial charge in [-0.15, -0.1) is 22.7 Å². The lowest BCUT2D eigenvalue weighted by atomic mass is 9.98. The molecule has 1 aliphatic heterocycles. The first-order valence-corrected chi connectivity index (χ1v) is 11.8. The minimum absolute atomic E-state index is 0.0910. The number of thiophene rings is 2. The van der Waals surface area contributed by atoms with Crippen molar-refractivity contribution in [3.05, 3.63) is 80.2 Å². The first kappa shape index (κ1) is 20.3. The highest BCUT2D eigenvalue weighted by Crippen LogP contribution is 2.39. The smallest absolute Gasteiger partial charge is 0.234 e. The zero-order valence-corrected chi connectivity index (χ0v) is 18.0. The van der Waals surface area contributed by atoms with E-state index in [-0.39, 0.29) is 11.9 Å². The van der Waals surface area contributed by atoms with Gasteiger partial charge in [-0.25, -0.2) is 0 Å². The van der Waals surface area contributed by atoms with Crippen molar-refractivity contribution in [1.29, 1.82) is 0 Å². The molecule has 1 aliphatic rings. The molecule has 0 aliphatic carbocycles. The Kier molecular flexibility index (Phi) is 7.11. The van der Waals surface area contributed by atoms with Crippen LogP contribution in [0.4, 0.5) is 0 Å². The fourth-order valence-electron chi connectivity index (χ4n) is 3.73. The van der Waals surface area contributed by atoms with Crippen molar-refractivity contribution in [1.82, 2.24) is 10.2 Å². The van der Waals surface area contributed by atoms with Crippen molar-refractivity contribution in [2.75, 3.05) is 26.2 Å². The quantitative estimate of drug-likeness (QED) is 0.513. The maximum atomic E-state index is 12.5. The second kappa shape index (κ2) is 10.2. The predicted molar refractivity (Wildman–Crippen MR) is 119 cm³/mol. The summed E-state index contributed by atoms with van der Waals surface area (Å²) in [6.45, 7) is 3.27. The van der Waals surface area contributed by atoms with Crippen LogP contribution in [0.3, 0.4) is 0 Å². The van der Waals surface area contributed by atoms with E-state index in [1.807, 2.05) is 29.5 Å². The minimum atomic E-state index is 0.0910. The zero-order chi connectivity index (χ0) is 19.9. The normalized spacial score (nSPS) is 16.5. The first-order valence-electron chi connectivity index (χ1n) is 10.0. The second-order valence-electron chi connectivity index (χ2n) is 7.18. The Labute approximate surface area is 180 Å². The van der Waals surface area contributed by atoms with E-state index in [4.69, 9.17) is 4.74 Å². The molecule has 0 saturated heterocycles. The molecule has 6 heteroatoms. The van der Waals surface area contributed by atoms with Gasteiger partial charge in [0, 0.05) is 29.5 Å². The summed E-state index contributed by atoms with van der Waals surface area (Å²) < 4.78 is 5.69. The van der Waals surface area contributed by atoms with Crippen molar-refractivity contribution in [2.45, 2.75) is 25.5 Å². The minimum Gasteiger partial charge on any atom is -0.377 e. The van der Waals surface area contributed by atoms with Crippen LogP contribution < -0.4 is 5.32 Å². The molecule has 4 rings (SSSR count). The SMILES string of the molecule is O=C(CN1CCc2sccc2C1c1cccs1)NCCCOCc1ccccc1. The molecule has 3 heterocycles. The lowest BCUT2D eigenvalue weighted by molar-refractivity contribution is -0.122. The zero-order valence-electron chi connectivity index (χ0n) is 16.4. The number of amides is 1. The Morgan fingerprint density at radius 1 is 1.10 bits per heavy atom. The molecular weight excluding hydrogens is 400 g/mol. The van der Waals surface area contributed by atoms with Gasteiger partial charge in [-0.1, -0.05) is 36.4 Å². The van der Waals surface area contributed by atoms with Gasteiger partial charge in [0.1, 0.15) is 0 Å². The fourth-order valence-corrected chi connectivity index (χ4v) is 5.51. The number of hydrogen-bond acceptors (Lipinski definition) is 5. The molecule has 2 aromatic heterocycles. The third-order valence-electron chi connectivity index (χ3n) is 5.12. The standard InChI is InChI=1S/C23H26N2O2S2/c26-22(24-11-5-13-27-17-18-6-2-1-3-7-18)16-25-12-9-20-19(10-15-29-20)23(25)21-8-4-14-28-21/h1-4,6-8,10,14-15,23H,5,9,11-13,16-17H2,(H,24,26). The number of nitrogens with one attached hydrogen (secondary N) is 1. The molecule has 4 nitrogen and oxygen atoms in total. The van der Waals surface area contributed by atoms with E-state index in [0.29, 0.717) is 26.3 Å². The summed E-state index contributed by atoms with van der Waals surface area (Å²) in [5.74, 6) is 0.0910. The molecule has 1 unspecified atom stereocenters. The molecule has 152 valence electrons. The lowest BCUT2D eigenvalue weighted by Gasteiger charge is -2.34. The third kappa shape index (κ3) is 5.34. The predicted octanol–water partition coefficient (Wildman–Crippen LogP) is 4.48. The summed E-state index contributed by atoms with van der Waals surface area (Å²) in [4.78, 5) is 17.6. The van der Waals surface area contributed by atoms with Gasteiger partial charge < -0.3 is 10.1 Å². The maximum absolute atomic E-state index is 12.5. The molecule has 3 aromatic rings. The van der Waals surface area contributed by atoms with Gasteiger partial charge >= 0.3 is 0 Å². The van der Waals surface area contributed by atoms with E-state index < -0.39 is 0 Å². The molecule has 0 spiro atoms. The Hall–Kier alpha value is -1.99. The van der Waals surface area contributed by atoms with Crippen LogP contribution >= 0.6 is 22.7 Å². The summed E-state index contributed by atoms with van der Waals surface area (Å²) >= 11 is 3.60. The number of carbonyl (C=O) groups excluding carboxylic acids is 1. The molecule has 1 atom stereocenters. The summed E-state index contributed by atoms with van der Waals surface area (Å²) in [5.41, 5.74) is 2.54. The van der Waals surface area contributed by atoms with Gasteiger partial charge in [0.15, 0.2) is 0 Å². The fraction of sp³-hybridized carbons (Fsp3) is 0.348. The average molecular weight is 427 g/mol. The van der Waals surface area contributed by atoms with Crippen LogP contribution in [0.15, 0.2) is 59.3 Å². The van der Waals surface area contributed by atoms with Crippen LogP contribution in [0.1, 0.15) is 33.3 Å². The summed E-state index contributed by atoms with van der Waals surface area (Å²) in [7, 11) is 0. The van der Waals surface area contributed by atoms with Crippen molar-refractivity contribution >= 4 is 28.6 Å². The van der Waals surface area contributed by atoms with Crippen LogP contribution in [-0.4, -0.2) is 37.0 Å². The highest BCUT2D eigenvalue weighted by molar-refractivity contribution is 7.10. The summed E-state index contributed by atoms with van der Waals surface area (Å²) in [6.07, 6.45) is 1.84. The maximum Gasteiger partial charge on any atom is 0.234 e. The number of fused-ring (bicyclic) bond motifs is 1. The molecule has 0 radical (unpaired) electrons. The van der Waals surface area contributed by atoms with Gasteiger partial charge in [-0.2, -0.15) is 0 Å². The number of rotatable bonds is 9. The van der Waals surface area contributed by atoms with Crippen LogP contribution in [0.5, 0.6) is 0 Å². The number of benzene rings is 1. The number of hydrogen-bond donors (Lipinski definition) is 1. The van der Waals surface area contributed by atoms with Gasteiger partial charge in [0.2, 0.25) is 5.91 Å². The van der Waals surface area contributed by atoms with E-state index in [9.17, 15) is 4.79 Å². The topological polar surface area (TPSA) is 41.6 Å². The summed E-state index contributed by atoms with van der Waals surface area (Å²) in [6, 6.07) is 16.8. The Balaban J connectivity index is 1.23. The lowest BCUT2D eigenvalue weighted by Crippen LogP contribution is -2.42. The van der Waals surface area contributed by atoms with Crippen LogP contribution in [0, 0.1) is 0 Å². The first-order chi connectivity index (χ1) is 14.3. The molecule has 0 saturated carbocycles. The average Bonchev–Trinajstić information content (AvgIpc) is 3.43. The van der Waals surface area contributed by atoms with Gasteiger partial charge in [0.25, 0.3) is 0 Å². The van der Waals surface area contributed by atoms with Crippen molar-refractivity contribution in [3.8, 4) is 0 Å². The Bertz CT molecular complexity index is 893. The van der Waals surface area contributed by atoms with Crippen LogP contribution in [0.25, 0.3) is 0 Å². The number of ether oxygens (including phenoxy) is 1. The highest BCUT2D eigenvalue weighted by Gasteiger charge is 2.31. The van der Waals surface area contributed by atoms with Crippen LogP contribution in [-0.2, 0) is 22.6 Å². The largest absolute Gasteiger partial charge is 0.377 e. The monoisotopic (exact) mass is 426 g/mol. The molecule has 1 amide bonds. The Morgan fingerprint density at radius 2 is 2.00 bits per heavy atom. The molecule has 29 heavy (non-hydrogen) atoms. The Morgan fingerprint density at radius 3 is 2.83 bits per heavy atom. The molecule has 0 fully saturated rings. The van der Waals surface area contributed by atoms with Crippen LogP contribution in [0.2, 0.25) is 0 Å².